The number of likely N-dealkylation sites (N-methyl/N-ethyl adjacent to an activating group) is 1. The van der Waals surface area contributed by atoms with Gasteiger partial charge >= 0.3 is 0 Å². The third kappa shape index (κ3) is 2.18. The summed E-state index contributed by atoms with van der Waals surface area (Å²) in [5, 5.41) is 1.92. The van der Waals surface area contributed by atoms with Gasteiger partial charge in [-0.25, -0.2) is 4.98 Å². The third-order valence-corrected chi connectivity index (χ3v) is 3.39. The van der Waals surface area contributed by atoms with Crippen molar-refractivity contribution in [1.29, 1.82) is 0 Å². The Morgan fingerprint density at radius 1 is 1.65 bits per heavy atom. The first-order valence-electron chi connectivity index (χ1n) is 5.46. The Bertz CT molecular complexity index is 506. The Morgan fingerprint density at radius 2 is 2.47 bits per heavy atom. The first-order chi connectivity index (χ1) is 8.31. The Labute approximate surface area is 104 Å². The van der Waals surface area contributed by atoms with Crippen LogP contribution in [0, 0.1) is 0 Å². The van der Waals surface area contributed by atoms with Gasteiger partial charge in [0.25, 0.3) is 0 Å². The van der Waals surface area contributed by atoms with Crippen LogP contribution in [0.4, 0.5) is 5.82 Å². The number of thiazole rings is 1. The lowest BCUT2D eigenvalue weighted by molar-refractivity contribution is 0.111. The Morgan fingerprint density at radius 3 is 3.12 bits per heavy atom. The molecule has 6 heteroatoms. The highest BCUT2D eigenvalue weighted by Gasteiger charge is 2.17. The highest BCUT2D eigenvalue weighted by molar-refractivity contribution is 7.15. The van der Waals surface area contributed by atoms with Gasteiger partial charge in [0.05, 0.1) is 6.61 Å². The molecule has 2 rings (SSSR count). The molecular weight excluding hydrogens is 238 g/mol. The summed E-state index contributed by atoms with van der Waals surface area (Å²) >= 11 is 1.52. The van der Waals surface area contributed by atoms with Crippen LogP contribution >= 0.6 is 11.3 Å². The summed E-state index contributed by atoms with van der Waals surface area (Å²) in [7, 11) is 1.67. The summed E-state index contributed by atoms with van der Waals surface area (Å²) in [6, 6.07) is 0. The number of rotatable bonds is 6. The molecule has 2 heterocycles. The van der Waals surface area contributed by atoms with Crippen LogP contribution < -0.4 is 4.90 Å². The molecule has 0 atom stereocenters. The zero-order valence-corrected chi connectivity index (χ0v) is 10.7. The second kappa shape index (κ2) is 5.29. The van der Waals surface area contributed by atoms with Crippen LogP contribution in [0.15, 0.2) is 11.6 Å². The number of carbonyl (C=O) groups is 1. The molecule has 0 aliphatic heterocycles. The van der Waals surface area contributed by atoms with E-state index in [0.29, 0.717) is 12.3 Å². The van der Waals surface area contributed by atoms with E-state index in [4.69, 9.17) is 4.74 Å². The minimum atomic E-state index is 0.610. The van der Waals surface area contributed by atoms with E-state index in [9.17, 15) is 4.79 Å². The van der Waals surface area contributed by atoms with Gasteiger partial charge in [-0.05, 0) is 6.92 Å². The molecule has 0 aliphatic rings. The SMILES string of the molecule is CCN(CCOC)c1nc2sccn2c1C=O. The summed E-state index contributed by atoms with van der Waals surface area (Å²) in [6.07, 6.45) is 2.72. The van der Waals surface area contributed by atoms with Gasteiger partial charge in [-0.2, -0.15) is 0 Å². The van der Waals surface area contributed by atoms with Gasteiger partial charge in [0.2, 0.25) is 0 Å². The number of aromatic nitrogens is 2. The number of aldehydes is 1. The minimum Gasteiger partial charge on any atom is -0.383 e. The molecule has 0 saturated carbocycles. The number of ether oxygens (including phenoxy) is 1. The number of hydrogen-bond acceptors (Lipinski definition) is 5. The van der Waals surface area contributed by atoms with Crippen LogP contribution in [0.1, 0.15) is 17.4 Å². The van der Waals surface area contributed by atoms with Crippen molar-refractivity contribution in [2.75, 3.05) is 31.7 Å². The fraction of sp³-hybridized carbons (Fsp3) is 0.455. The third-order valence-electron chi connectivity index (χ3n) is 2.64. The number of fused-ring (bicyclic) bond motifs is 1. The average molecular weight is 253 g/mol. The molecule has 0 aromatic carbocycles. The molecule has 92 valence electrons. The summed E-state index contributed by atoms with van der Waals surface area (Å²) < 4.78 is 6.88. The van der Waals surface area contributed by atoms with E-state index < -0.39 is 0 Å². The molecule has 0 fully saturated rings. The highest BCUT2D eigenvalue weighted by Crippen LogP contribution is 2.23. The second-order valence-electron chi connectivity index (χ2n) is 3.57. The largest absolute Gasteiger partial charge is 0.383 e. The van der Waals surface area contributed by atoms with E-state index >= 15 is 0 Å². The van der Waals surface area contributed by atoms with Gasteiger partial charge in [0.15, 0.2) is 17.1 Å². The topological polar surface area (TPSA) is 46.8 Å². The normalized spacial score (nSPS) is 10.9. The molecule has 2 aromatic heterocycles. The summed E-state index contributed by atoms with van der Waals surface area (Å²) in [5.41, 5.74) is 0.610. The Kier molecular flexibility index (Phi) is 3.75. The van der Waals surface area contributed by atoms with Gasteiger partial charge in [-0.15, -0.1) is 11.3 Å². The lowest BCUT2D eigenvalue weighted by Crippen LogP contribution is -2.28. The molecule has 0 saturated heterocycles. The van der Waals surface area contributed by atoms with Crippen molar-refractivity contribution >= 4 is 28.4 Å². The first-order valence-corrected chi connectivity index (χ1v) is 6.34. The van der Waals surface area contributed by atoms with E-state index in [0.717, 1.165) is 30.2 Å². The number of anilines is 1. The molecule has 0 unspecified atom stereocenters. The fourth-order valence-corrected chi connectivity index (χ4v) is 2.47. The number of nitrogens with zero attached hydrogens (tertiary/aromatic N) is 3. The fourth-order valence-electron chi connectivity index (χ4n) is 1.75. The zero-order valence-electron chi connectivity index (χ0n) is 9.92. The molecule has 0 radical (unpaired) electrons. The Hall–Kier alpha value is -1.40. The van der Waals surface area contributed by atoms with Crippen molar-refractivity contribution in [1.82, 2.24) is 9.38 Å². The zero-order chi connectivity index (χ0) is 12.3. The van der Waals surface area contributed by atoms with Crippen molar-refractivity contribution < 1.29 is 9.53 Å². The van der Waals surface area contributed by atoms with Crippen LogP contribution in [0.5, 0.6) is 0 Å². The molecule has 5 nitrogen and oxygen atoms in total. The van der Waals surface area contributed by atoms with E-state index in [2.05, 4.69) is 4.98 Å². The van der Waals surface area contributed by atoms with Gasteiger partial charge in [0, 0.05) is 31.8 Å². The van der Waals surface area contributed by atoms with Crippen molar-refractivity contribution in [2.24, 2.45) is 0 Å². The van der Waals surface area contributed by atoms with Crippen LogP contribution in [0.3, 0.4) is 0 Å². The lowest BCUT2D eigenvalue weighted by atomic mass is 10.4. The number of methoxy groups -OCH3 is 1. The molecule has 17 heavy (non-hydrogen) atoms. The molecule has 0 spiro atoms. The maximum atomic E-state index is 11.2. The highest BCUT2D eigenvalue weighted by atomic mass is 32.1. The van der Waals surface area contributed by atoms with Crippen molar-refractivity contribution in [3.63, 3.8) is 0 Å². The average Bonchev–Trinajstić information content (AvgIpc) is 2.90. The second-order valence-corrected chi connectivity index (χ2v) is 4.44. The minimum absolute atomic E-state index is 0.610. The number of imidazole rings is 1. The number of hydrogen-bond donors (Lipinski definition) is 0. The Balaban J connectivity index is 2.37. The van der Waals surface area contributed by atoms with Gasteiger partial charge < -0.3 is 9.64 Å². The molecule has 0 N–H and O–H groups in total. The molecular formula is C11H15N3O2S. The van der Waals surface area contributed by atoms with Gasteiger partial charge in [0.1, 0.15) is 5.69 Å². The maximum Gasteiger partial charge on any atom is 0.196 e. The van der Waals surface area contributed by atoms with Crippen LogP contribution in [-0.2, 0) is 4.74 Å². The summed E-state index contributed by atoms with van der Waals surface area (Å²) in [4.78, 5) is 18.6. The quantitative estimate of drug-likeness (QED) is 0.735. The van der Waals surface area contributed by atoms with Crippen molar-refractivity contribution in [3.05, 3.63) is 17.3 Å². The lowest BCUT2D eigenvalue weighted by Gasteiger charge is -2.20. The van der Waals surface area contributed by atoms with Crippen LogP contribution in [-0.4, -0.2) is 42.5 Å². The molecule has 0 bridgehead atoms. The number of carbonyl (C=O) groups excluding carboxylic acids is 1. The van der Waals surface area contributed by atoms with Crippen LogP contribution in [0.25, 0.3) is 4.96 Å². The summed E-state index contributed by atoms with van der Waals surface area (Å²) in [5.74, 6) is 0.742. The molecule has 0 amide bonds. The van der Waals surface area contributed by atoms with Crippen LogP contribution in [0.2, 0.25) is 0 Å². The van der Waals surface area contributed by atoms with E-state index in [1.807, 2.05) is 27.8 Å². The predicted octanol–water partition coefficient (Wildman–Crippen LogP) is 1.68. The van der Waals surface area contributed by atoms with E-state index in [1.165, 1.54) is 11.3 Å². The van der Waals surface area contributed by atoms with Gasteiger partial charge in [-0.1, -0.05) is 0 Å². The predicted molar refractivity (Wildman–Crippen MR) is 68.2 cm³/mol. The molecule has 0 aliphatic carbocycles. The molecule has 2 aromatic rings. The van der Waals surface area contributed by atoms with Crippen molar-refractivity contribution in [2.45, 2.75) is 6.92 Å². The van der Waals surface area contributed by atoms with Gasteiger partial charge in [-0.3, -0.25) is 9.20 Å². The van der Waals surface area contributed by atoms with Crippen molar-refractivity contribution in [3.8, 4) is 0 Å². The first kappa shape index (κ1) is 12.1. The summed E-state index contributed by atoms with van der Waals surface area (Å²) in [6.45, 7) is 4.20. The van der Waals surface area contributed by atoms with E-state index in [-0.39, 0.29) is 0 Å². The monoisotopic (exact) mass is 253 g/mol. The smallest absolute Gasteiger partial charge is 0.196 e. The standard InChI is InChI=1S/C11H15N3O2S/c1-3-13(4-6-16-2)10-9(8-15)14-5-7-17-11(14)12-10/h5,7-8H,3-4,6H2,1-2H3. The maximum absolute atomic E-state index is 11.2. The van der Waals surface area contributed by atoms with E-state index in [1.54, 1.807) is 7.11 Å².